The van der Waals surface area contributed by atoms with Crippen molar-refractivity contribution in [1.29, 1.82) is 0 Å². The van der Waals surface area contributed by atoms with Crippen LogP contribution in [0.5, 0.6) is 0 Å². The smallest absolute Gasteiger partial charge is 0.220 e. The van der Waals surface area contributed by atoms with Crippen molar-refractivity contribution >= 4 is 15.7 Å². The van der Waals surface area contributed by atoms with Crippen molar-refractivity contribution < 1.29 is 13.2 Å². The highest BCUT2D eigenvalue weighted by Gasteiger charge is 2.43. The Morgan fingerprint density at radius 2 is 1.57 bits per heavy atom. The first-order chi connectivity index (χ1) is 13.5. The minimum atomic E-state index is -2.93. The van der Waals surface area contributed by atoms with Gasteiger partial charge in [0, 0.05) is 24.8 Å². The lowest BCUT2D eigenvalue weighted by Gasteiger charge is -2.45. The van der Waals surface area contributed by atoms with Gasteiger partial charge < -0.3 is 5.32 Å². The van der Waals surface area contributed by atoms with Crippen molar-refractivity contribution in [3.05, 3.63) is 70.8 Å². The van der Waals surface area contributed by atoms with E-state index in [1.807, 2.05) is 0 Å². The monoisotopic (exact) mass is 395 g/mol. The third-order valence-corrected chi connectivity index (χ3v) is 8.62. The van der Waals surface area contributed by atoms with Gasteiger partial charge in [0.15, 0.2) is 9.84 Å². The number of amides is 1. The SMILES string of the molecule is O=C(CC1CCS(=O)(=O)C1)NCC1CC2c3ccccc3C1c1ccccc12. The molecule has 146 valence electrons. The van der Waals surface area contributed by atoms with Gasteiger partial charge in [-0.15, -0.1) is 0 Å². The average molecular weight is 396 g/mol. The van der Waals surface area contributed by atoms with Gasteiger partial charge in [0.2, 0.25) is 5.91 Å². The van der Waals surface area contributed by atoms with Gasteiger partial charge in [-0.1, -0.05) is 48.5 Å². The molecule has 0 radical (unpaired) electrons. The standard InChI is InChI=1S/C23H25NO3S/c25-22(11-15-9-10-28(26,27)14-15)24-13-16-12-21-17-5-1-3-7-19(17)23(16)20-8-4-2-6-18(20)21/h1-8,15-16,21,23H,9-14H2,(H,24,25). The fourth-order valence-corrected chi connectivity index (χ4v) is 7.43. The summed E-state index contributed by atoms with van der Waals surface area (Å²) in [5.41, 5.74) is 5.67. The van der Waals surface area contributed by atoms with E-state index in [2.05, 4.69) is 53.8 Å². The van der Waals surface area contributed by atoms with Crippen LogP contribution in [0, 0.1) is 11.8 Å². The molecule has 2 aromatic rings. The fourth-order valence-electron chi connectivity index (χ4n) is 5.57. The summed E-state index contributed by atoms with van der Waals surface area (Å²) in [5.74, 6) is 1.47. The molecule has 0 saturated carbocycles. The molecule has 1 fully saturated rings. The molecule has 2 bridgehead atoms. The number of benzene rings is 2. The van der Waals surface area contributed by atoms with Gasteiger partial charge in [0.25, 0.3) is 0 Å². The predicted molar refractivity (Wildman–Crippen MR) is 109 cm³/mol. The first kappa shape index (κ1) is 17.9. The number of sulfone groups is 1. The number of carbonyl (C=O) groups is 1. The van der Waals surface area contributed by atoms with Gasteiger partial charge >= 0.3 is 0 Å². The Labute approximate surface area is 166 Å². The van der Waals surface area contributed by atoms with E-state index in [0.717, 1.165) is 6.42 Å². The highest BCUT2D eigenvalue weighted by atomic mass is 32.2. The largest absolute Gasteiger partial charge is 0.356 e. The molecule has 3 aliphatic carbocycles. The molecule has 0 aromatic heterocycles. The highest BCUT2D eigenvalue weighted by molar-refractivity contribution is 7.91. The van der Waals surface area contributed by atoms with Crippen molar-refractivity contribution in [2.75, 3.05) is 18.1 Å². The van der Waals surface area contributed by atoms with Crippen LogP contribution in [0.1, 0.15) is 53.4 Å². The zero-order valence-electron chi connectivity index (χ0n) is 15.8. The van der Waals surface area contributed by atoms with E-state index in [4.69, 9.17) is 0 Å². The summed E-state index contributed by atoms with van der Waals surface area (Å²) >= 11 is 0. The number of carbonyl (C=O) groups excluding carboxylic acids is 1. The minimum absolute atomic E-state index is 0.00915. The first-order valence-electron chi connectivity index (χ1n) is 10.2. The molecule has 2 aromatic carbocycles. The molecule has 1 aliphatic heterocycles. The number of fused-ring (bicyclic) bond motifs is 1. The van der Waals surface area contributed by atoms with Crippen molar-refractivity contribution in [3.63, 3.8) is 0 Å². The Hall–Kier alpha value is -2.14. The van der Waals surface area contributed by atoms with E-state index in [1.165, 1.54) is 22.3 Å². The summed E-state index contributed by atoms with van der Waals surface area (Å²) in [5, 5.41) is 3.12. The molecule has 0 spiro atoms. The van der Waals surface area contributed by atoms with Crippen LogP contribution in [-0.2, 0) is 14.6 Å². The average Bonchev–Trinajstić information content (AvgIpc) is 3.04. The van der Waals surface area contributed by atoms with Crippen LogP contribution >= 0.6 is 0 Å². The minimum Gasteiger partial charge on any atom is -0.356 e. The molecule has 1 N–H and O–H groups in total. The van der Waals surface area contributed by atoms with Crippen molar-refractivity contribution in [3.8, 4) is 0 Å². The van der Waals surface area contributed by atoms with E-state index in [1.54, 1.807) is 0 Å². The van der Waals surface area contributed by atoms with E-state index < -0.39 is 9.84 Å². The van der Waals surface area contributed by atoms with Gasteiger partial charge in [-0.2, -0.15) is 0 Å². The summed E-state index contributed by atoms with van der Waals surface area (Å²) in [6.45, 7) is 0.655. The molecule has 6 rings (SSSR count). The van der Waals surface area contributed by atoms with E-state index in [9.17, 15) is 13.2 Å². The summed E-state index contributed by atoms with van der Waals surface area (Å²) in [6, 6.07) is 17.4. The summed E-state index contributed by atoms with van der Waals surface area (Å²) in [7, 11) is -2.93. The molecule has 1 heterocycles. The van der Waals surface area contributed by atoms with Crippen LogP contribution in [0.3, 0.4) is 0 Å². The van der Waals surface area contributed by atoms with E-state index >= 15 is 0 Å². The number of hydrogen-bond donors (Lipinski definition) is 1. The van der Waals surface area contributed by atoms with Gasteiger partial charge in [-0.3, -0.25) is 4.79 Å². The maximum absolute atomic E-state index is 12.4. The Bertz CT molecular complexity index is 982. The Balaban J connectivity index is 1.32. The zero-order chi connectivity index (χ0) is 19.3. The van der Waals surface area contributed by atoms with Gasteiger partial charge in [0.05, 0.1) is 11.5 Å². The molecule has 2 atom stereocenters. The van der Waals surface area contributed by atoms with E-state index in [-0.39, 0.29) is 23.3 Å². The second-order valence-corrected chi connectivity index (χ2v) is 10.8. The normalized spacial score (nSPS) is 29.1. The number of nitrogens with one attached hydrogen (secondary N) is 1. The molecule has 1 saturated heterocycles. The molecule has 5 heteroatoms. The van der Waals surface area contributed by atoms with Crippen molar-refractivity contribution in [1.82, 2.24) is 5.32 Å². The molecule has 2 unspecified atom stereocenters. The van der Waals surface area contributed by atoms with Crippen LogP contribution < -0.4 is 5.32 Å². The van der Waals surface area contributed by atoms with Crippen LogP contribution in [0.15, 0.2) is 48.5 Å². The first-order valence-corrected chi connectivity index (χ1v) is 12.0. The zero-order valence-corrected chi connectivity index (χ0v) is 16.6. The third-order valence-electron chi connectivity index (χ3n) is 6.79. The lowest BCUT2D eigenvalue weighted by molar-refractivity contribution is -0.122. The summed E-state index contributed by atoms with van der Waals surface area (Å²) in [6.07, 6.45) is 1.99. The lowest BCUT2D eigenvalue weighted by Crippen LogP contribution is -2.39. The Morgan fingerprint density at radius 1 is 0.964 bits per heavy atom. The predicted octanol–water partition coefficient (Wildman–Crippen LogP) is 3.22. The number of hydrogen-bond acceptors (Lipinski definition) is 3. The maximum Gasteiger partial charge on any atom is 0.220 e. The van der Waals surface area contributed by atoms with Gasteiger partial charge in [-0.25, -0.2) is 8.42 Å². The second-order valence-electron chi connectivity index (χ2n) is 8.56. The van der Waals surface area contributed by atoms with Gasteiger partial charge in [0.1, 0.15) is 0 Å². The topological polar surface area (TPSA) is 63.2 Å². The van der Waals surface area contributed by atoms with Crippen LogP contribution in [-0.4, -0.2) is 32.4 Å². The number of rotatable bonds is 4. The third kappa shape index (κ3) is 3.06. The fraction of sp³-hybridized carbons (Fsp3) is 0.435. The molecular formula is C23H25NO3S. The molecule has 28 heavy (non-hydrogen) atoms. The lowest BCUT2D eigenvalue weighted by atomic mass is 9.59. The summed E-state index contributed by atoms with van der Waals surface area (Å²) in [4.78, 5) is 12.4. The van der Waals surface area contributed by atoms with Crippen molar-refractivity contribution in [2.24, 2.45) is 11.8 Å². The van der Waals surface area contributed by atoms with Crippen LogP contribution in [0.2, 0.25) is 0 Å². The van der Waals surface area contributed by atoms with Crippen LogP contribution in [0.25, 0.3) is 0 Å². The Kier molecular flexibility index (Phi) is 4.31. The quantitative estimate of drug-likeness (QED) is 0.865. The van der Waals surface area contributed by atoms with E-state index in [0.29, 0.717) is 37.1 Å². The van der Waals surface area contributed by atoms with Gasteiger partial charge in [-0.05, 0) is 46.9 Å². The van der Waals surface area contributed by atoms with Crippen molar-refractivity contribution in [2.45, 2.75) is 31.1 Å². The highest BCUT2D eigenvalue weighted by Crippen LogP contribution is 2.55. The maximum atomic E-state index is 12.4. The summed E-state index contributed by atoms with van der Waals surface area (Å²) < 4.78 is 23.2. The van der Waals surface area contributed by atoms with Crippen LogP contribution in [0.4, 0.5) is 0 Å². The molecular weight excluding hydrogens is 370 g/mol. The molecule has 1 amide bonds. The molecule has 4 nitrogen and oxygen atoms in total. The second kappa shape index (κ2) is 6.73. The molecule has 4 aliphatic rings. The Morgan fingerprint density at radius 3 is 2.14 bits per heavy atom.